The first-order valence-corrected chi connectivity index (χ1v) is 8.83. The minimum absolute atomic E-state index is 0.421. The van der Waals surface area contributed by atoms with Crippen LogP contribution in [-0.2, 0) is 4.79 Å². The Balaban J connectivity index is 0.000000495. The van der Waals surface area contributed by atoms with Crippen molar-refractivity contribution in [1.29, 1.82) is 0 Å². The van der Waals surface area contributed by atoms with Crippen LogP contribution in [0.1, 0.15) is 35.3 Å². The predicted molar refractivity (Wildman–Crippen MR) is 111 cm³/mol. The Morgan fingerprint density at radius 1 is 1.26 bits per heavy atom. The monoisotopic (exact) mass is 386 g/mol. The fourth-order valence-electron chi connectivity index (χ4n) is 1.94. The lowest BCUT2D eigenvalue weighted by Gasteiger charge is -2.26. The van der Waals surface area contributed by atoms with Crippen LogP contribution in [0.4, 0.5) is 0 Å². The van der Waals surface area contributed by atoms with Crippen molar-refractivity contribution in [2.24, 2.45) is 11.5 Å². The van der Waals surface area contributed by atoms with E-state index in [1.54, 1.807) is 39.2 Å². The van der Waals surface area contributed by atoms with E-state index in [9.17, 15) is 9.59 Å². The number of nitrogens with one attached hydrogen (secondary N) is 1. The summed E-state index contributed by atoms with van der Waals surface area (Å²) in [5, 5.41) is 4.64. The molecule has 1 amide bonds. The van der Waals surface area contributed by atoms with E-state index in [1.807, 2.05) is 17.5 Å². The number of hydrogen-bond donors (Lipinski definition) is 3. The van der Waals surface area contributed by atoms with Gasteiger partial charge in [0.05, 0.1) is 11.8 Å². The van der Waals surface area contributed by atoms with Crippen LogP contribution in [-0.4, -0.2) is 35.2 Å². The predicted octanol–water partition coefficient (Wildman–Crippen LogP) is 1.95. The fourth-order valence-corrected chi connectivity index (χ4v) is 2.41. The topological polar surface area (TPSA) is 111 Å². The number of amides is 1. The summed E-state index contributed by atoms with van der Waals surface area (Å²) < 4.78 is 3.95. The highest BCUT2D eigenvalue weighted by Crippen LogP contribution is 2.03. The van der Waals surface area contributed by atoms with Crippen LogP contribution in [0.15, 0.2) is 49.0 Å². The molecule has 2 rings (SSSR count). The summed E-state index contributed by atoms with van der Waals surface area (Å²) in [5.41, 5.74) is 12.6. The van der Waals surface area contributed by atoms with Crippen LogP contribution in [0.2, 0.25) is 0 Å². The molecule has 1 unspecified atom stereocenters. The van der Waals surface area contributed by atoms with Crippen molar-refractivity contribution >= 4 is 23.7 Å². The molecule has 0 saturated heterocycles. The Morgan fingerprint density at radius 3 is 2.15 bits per heavy atom. The van der Waals surface area contributed by atoms with E-state index in [-0.39, 0.29) is 0 Å². The number of carbonyl (C=O) groups excluding carboxylic acids is 2. The highest BCUT2D eigenvalue weighted by Gasteiger charge is 2.27. The lowest BCUT2D eigenvalue weighted by atomic mass is 9.96. The first-order valence-electron chi connectivity index (χ1n) is 8.00. The number of carbonyl (C=O) groups is 2. The number of hydrogen-bond acceptors (Lipinski definition) is 6. The van der Waals surface area contributed by atoms with Gasteiger partial charge in [0, 0.05) is 22.0 Å². The Hall–Kier alpha value is -2.79. The van der Waals surface area contributed by atoms with E-state index >= 15 is 0 Å². The van der Waals surface area contributed by atoms with Gasteiger partial charge in [0.2, 0.25) is 5.91 Å². The van der Waals surface area contributed by atoms with E-state index in [1.165, 1.54) is 11.5 Å². The van der Waals surface area contributed by atoms with Gasteiger partial charge in [-0.15, -0.1) is 13.2 Å². The number of aldehydes is 1. The summed E-state index contributed by atoms with van der Waals surface area (Å²) >= 11 is 1.38. The van der Waals surface area contributed by atoms with Gasteiger partial charge >= 0.3 is 0 Å². The third-order valence-electron chi connectivity index (χ3n) is 3.15. The molecule has 0 fully saturated rings. The summed E-state index contributed by atoms with van der Waals surface area (Å²) in [7, 11) is 1.66. The zero-order valence-electron chi connectivity index (χ0n) is 15.9. The second-order valence-electron chi connectivity index (χ2n) is 5.85. The minimum Gasteiger partial charge on any atom is -0.368 e. The maximum Gasteiger partial charge on any atom is 0.236 e. The highest BCUT2D eigenvalue weighted by atomic mass is 32.1. The SMILES string of the molecule is C=C.CNC(C(N)=O)C(C)(C)N.O=Cc1ccc(C#Cc2cnsc2)cc1. The van der Waals surface area contributed by atoms with Crippen molar-refractivity contribution in [2.45, 2.75) is 25.4 Å². The smallest absolute Gasteiger partial charge is 0.236 e. The minimum atomic E-state index is -0.597. The van der Waals surface area contributed by atoms with Gasteiger partial charge in [-0.3, -0.25) is 9.59 Å². The summed E-state index contributed by atoms with van der Waals surface area (Å²) in [4.78, 5) is 21.1. The molecular formula is C20H26N4O2S. The largest absolute Gasteiger partial charge is 0.368 e. The Labute approximate surface area is 164 Å². The summed E-state index contributed by atoms with van der Waals surface area (Å²) in [6.07, 6.45) is 2.55. The van der Waals surface area contributed by atoms with Crippen molar-refractivity contribution in [3.63, 3.8) is 0 Å². The third-order valence-corrected chi connectivity index (χ3v) is 3.73. The Morgan fingerprint density at radius 2 is 1.81 bits per heavy atom. The fraction of sp³-hybridized carbons (Fsp3) is 0.250. The molecule has 27 heavy (non-hydrogen) atoms. The lowest BCUT2D eigenvalue weighted by Crippen LogP contribution is -2.58. The van der Waals surface area contributed by atoms with Crippen LogP contribution >= 0.6 is 11.5 Å². The summed E-state index contributed by atoms with van der Waals surface area (Å²) in [6.45, 7) is 9.50. The van der Waals surface area contributed by atoms with Crippen LogP contribution in [0, 0.1) is 11.8 Å². The number of primary amides is 1. The average Bonchev–Trinajstić information content (AvgIpc) is 3.15. The van der Waals surface area contributed by atoms with E-state index in [0.717, 1.165) is 17.4 Å². The molecule has 6 nitrogen and oxygen atoms in total. The second kappa shape index (κ2) is 12.5. The maximum absolute atomic E-state index is 10.7. The van der Waals surface area contributed by atoms with Crippen molar-refractivity contribution in [3.8, 4) is 11.8 Å². The van der Waals surface area contributed by atoms with Gasteiger partial charge in [0.15, 0.2) is 0 Å². The molecule has 0 radical (unpaired) electrons. The molecule has 144 valence electrons. The third kappa shape index (κ3) is 9.47. The normalized spacial score (nSPS) is 10.7. The Kier molecular flexibility index (Phi) is 11.2. The quantitative estimate of drug-likeness (QED) is 0.422. The number of aromatic nitrogens is 1. The lowest BCUT2D eigenvalue weighted by molar-refractivity contribution is -0.121. The molecule has 0 spiro atoms. The van der Waals surface area contributed by atoms with Gasteiger partial charge in [-0.05, 0) is 44.6 Å². The zero-order valence-corrected chi connectivity index (χ0v) is 16.7. The molecule has 0 aliphatic rings. The molecule has 0 saturated carbocycles. The highest BCUT2D eigenvalue weighted by molar-refractivity contribution is 7.03. The van der Waals surface area contributed by atoms with Gasteiger partial charge in [-0.25, -0.2) is 0 Å². The van der Waals surface area contributed by atoms with Crippen LogP contribution in [0.3, 0.4) is 0 Å². The number of likely N-dealkylation sites (N-methyl/N-ethyl adjacent to an activating group) is 1. The number of rotatable bonds is 4. The van der Waals surface area contributed by atoms with E-state index in [0.29, 0.717) is 5.56 Å². The first-order chi connectivity index (χ1) is 12.8. The second-order valence-corrected chi connectivity index (χ2v) is 6.51. The average molecular weight is 387 g/mol. The van der Waals surface area contributed by atoms with Gasteiger partial charge < -0.3 is 16.8 Å². The Bertz CT molecular complexity index is 754. The van der Waals surface area contributed by atoms with Crippen molar-refractivity contribution in [1.82, 2.24) is 9.69 Å². The van der Waals surface area contributed by atoms with Gasteiger partial charge in [-0.2, -0.15) is 4.37 Å². The molecule has 1 aromatic carbocycles. The molecule has 7 heteroatoms. The standard InChI is InChI=1S/C12H7NOS.C6H15N3O.C2H4/c14-8-11-4-1-10(2-5-11)3-6-12-7-13-15-9-12;1-6(2,8)4(9-3)5(7)10;1-2/h1-2,4-5,7-9H;4,9H,8H2,1-3H3,(H2,7,10);1-2H2. The van der Waals surface area contributed by atoms with Gasteiger partial charge in [0.25, 0.3) is 0 Å². The molecule has 0 aliphatic carbocycles. The number of nitrogens with zero attached hydrogens (tertiary/aromatic N) is 1. The summed E-state index contributed by atoms with van der Waals surface area (Å²) in [6, 6.07) is 6.70. The summed E-state index contributed by atoms with van der Waals surface area (Å²) in [5.74, 6) is 5.57. The molecular weight excluding hydrogens is 360 g/mol. The van der Waals surface area contributed by atoms with Gasteiger partial charge in [0.1, 0.15) is 12.3 Å². The van der Waals surface area contributed by atoms with Crippen LogP contribution < -0.4 is 16.8 Å². The molecule has 1 aromatic heterocycles. The zero-order chi connectivity index (χ0) is 20.9. The van der Waals surface area contributed by atoms with Gasteiger partial charge in [-0.1, -0.05) is 24.0 Å². The van der Waals surface area contributed by atoms with Crippen LogP contribution in [0.5, 0.6) is 0 Å². The first kappa shape index (κ1) is 24.2. The molecule has 1 heterocycles. The van der Waals surface area contributed by atoms with Crippen molar-refractivity contribution in [3.05, 3.63) is 65.7 Å². The molecule has 1 atom stereocenters. The van der Waals surface area contributed by atoms with Crippen molar-refractivity contribution < 1.29 is 9.59 Å². The number of benzene rings is 1. The molecule has 0 bridgehead atoms. The molecule has 2 aromatic rings. The van der Waals surface area contributed by atoms with E-state index in [2.05, 4.69) is 34.7 Å². The number of nitrogens with two attached hydrogens (primary N) is 2. The van der Waals surface area contributed by atoms with E-state index < -0.39 is 17.5 Å². The molecule has 0 aliphatic heterocycles. The maximum atomic E-state index is 10.7. The molecule has 5 N–H and O–H groups in total. The van der Waals surface area contributed by atoms with Crippen molar-refractivity contribution in [2.75, 3.05) is 7.05 Å². The van der Waals surface area contributed by atoms with Crippen LogP contribution in [0.25, 0.3) is 0 Å². The van der Waals surface area contributed by atoms with E-state index in [4.69, 9.17) is 11.5 Å².